The maximum atomic E-state index is 6.69. The van der Waals surface area contributed by atoms with Crippen molar-refractivity contribution in [3.05, 3.63) is 259 Å². The van der Waals surface area contributed by atoms with E-state index in [-0.39, 0.29) is 0 Å². The topological polar surface area (TPSA) is 51.8 Å². The van der Waals surface area contributed by atoms with Gasteiger partial charge in [0.1, 0.15) is 11.2 Å². The number of furan rings is 1. The van der Waals surface area contributed by atoms with Crippen molar-refractivity contribution < 1.29 is 4.42 Å². The summed E-state index contributed by atoms with van der Waals surface area (Å²) in [5.74, 6) is 1.81. The number of rotatable bonds is 7. The third-order valence-corrected chi connectivity index (χ3v) is 15.2. The van der Waals surface area contributed by atoms with Gasteiger partial charge >= 0.3 is 0 Å². The SMILES string of the molecule is c1ccc(-c2cccc(-c3nc(-c4cccc5oc6ccc(-c7ccc8c(c7)C(c7ccccc7)(c7ccccc7)c7ccccc7-8)cc6c45)nc(-c4cccc5sc6ccccc6c45)n3)c2)cc1. The minimum absolute atomic E-state index is 0.502. The summed E-state index contributed by atoms with van der Waals surface area (Å²) < 4.78 is 9.11. The van der Waals surface area contributed by atoms with E-state index in [1.165, 1.54) is 48.2 Å². The van der Waals surface area contributed by atoms with Gasteiger partial charge in [-0.05, 0) is 98.1 Å². The van der Waals surface area contributed by atoms with Gasteiger partial charge in [-0.1, -0.05) is 194 Å². The molecule has 69 heavy (non-hydrogen) atoms. The largest absolute Gasteiger partial charge is 0.456 e. The highest BCUT2D eigenvalue weighted by molar-refractivity contribution is 7.25. The summed E-state index contributed by atoms with van der Waals surface area (Å²) in [6.45, 7) is 0. The molecule has 0 fully saturated rings. The van der Waals surface area contributed by atoms with Crippen LogP contribution >= 0.6 is 11.3 Å². The van der Waals surface area contributed by atoms with E-state index in [1.807, 2.05) is 18.2 Å². The standard InChI is InChI=1S/C64H39N3OS/c1-4-17-40(18-5-1)41-19-14-20-44(37-41)61-65-62(67-63(66-61)51-28-16-32-58-60(51)49-26-11-13-31-57(49)69-58)50-27-15-30-56-59(50)52-38-42(34-36-55(52)68-56)43-33-35-48-47-25-10-12-29-53(47)64(54(48)39-43,45-21-6-2-7-22-45)46-23-8-3-9-24-46/h1-39H. The second kappa shape index (κ2) is 15.7. The van der Waals surface area contributed by atoms with Crippen LogP contribution in [0.4, 0.5) is 0 Å². The van der Waals surface area contributed by atoms with Gasteiger partial charge in [0.15, 0.2) is 17.5 Å². The Balaban J connectivity index is 0.973. The molecule has 322 valence electrons. The number of thiophene rings is 1. The van der Waals surface area contributed by atoms with E-state index in [1.54, 1.807) is 11.3 Å². The number of aromatic nitrogens is 3. The molecule has 0 aliphatic heterocycles. The Morgan fingerprint density at radius 2 is 0.870 bits per heavy atom. The molecule has 3 heterocycles. The van der Waals surface area contributed by atoms with Crippen LogP contribution < -0.4 is 0 Å². The Hall–Kier alpha value is -8.77. The lowest BCUT2D eigenvalue weighted by Crippen LogP contribution is -2.28. The van der Waals surface area contributed by atoms with Gasteiger partial charge in [0.05, 0.1) is 5.41 Å². The second-order valence-corrected chi connectivity index (χ2v) is 18.9. The molecule has 0 saturated heterocycles. The van der Waals surface area contributed by atoms with Crippen LogP contribution in [-0.2, 0) is 5.41 Å². The van der Waals surface area contributed by atoms with Crippen LogP contribution in [0.5, 0.6) is 0 Å². The Bertz CT molecular complexity index is 4100. The fourth-order valence-corrected chi connectivity index (χ4v) is 12.1. The highest BCUT2D eigenvalue weighted by atomic mass is 32.1. The van der Waals surface area contributed by atoms with E-state index in [0.717, 1.165) is 66.3 Å². The van der Waals surface area contributed by atoms with Gasteiger partial charge in [-0.2, -0.15) is 0 Å². The molecule has 1 aliphatic carbocycles. The summed E-state index contributed by atoms with van der Waals surface area (Å²) in [5, 5.41) is 4.31. The Morgan fingerprint density at radius 3 is 1.67 bits per heavy atom. The van der Waals surface area contributed by atoms with Gasteiger partial charge in [-0.15, -0.1) is 11.3 Å². The summed E-state index contributed by atoms with van der Waals surface area (Å²) in [4.78, 5) is 16.1. The van der Waals surface area contributed by atoms with E-state index in [0.29, 0.717) is 17.5 Å². The van der Waals surface area contributed by atoms with Crippen LogP contribution in [0.2, 0.25) is 0 Å². The van der Waals surface area contributed by atoms with E-state index >= 15 is 0 Å². The Labute approximate surface area is 402 Å². The predicted octanol–water partition coefficient (Wildman–Crippen LogP) is 16.8. The Morgan fingerprint density at radius 1 is 0.319 bits per heavy atom. The molecule has 13 aromatic rings. The number of nitrogens with zero attached hydrogens (tertiary/aromatic N) is 3. The molecule has 0 bridgehead atoms. The van der Waals surface area contributed by atoms with Crippen molar-refractivity contribution in [2.75, 3.05) is 0 Å². The molecule has 3 aromatic heterocycles. The van der Waals surface area contributed by atoms with Crippen LogP contribution in [-0.4, -0.2) is 15.0 Å². The monoisotopic (exact) mass is 897 g/mol. The number of hydrogen-bond donors (Lipinski definition) is 0. The zero-order valence-corrected chi connectivity index (χ0v) is 38.0. The molecule has 4 nitrogen and oxygen atoms in total. The quantitative estimate of drug-likeness (QED) is 0.160. The molecule has 10 aromatic carbocycles. The molecule has 0 unspecified atom stereocenters. The summed E-state index contributed by atoms with van der Waals surface area (Å²) >= 11 is 1.79. The fraction of sp³-hybridized carbons (Fsp3) is 0.0156. The maximum Gasteiger partial charge on any atom is 0.164 e. The Kier molecular flexibility index (Phi) is 8.95. The third-order valence-electron chi connectivity index (χ3n) is 14.0. The van der Waals surface area contributed by atoms with Crippen LogP contribution in [0.1, 0.15) is 22.3 Å². The van der Waals surface area contributed by atoms with Gasteiger partial charge in [0.25, 0.3) is 0 Å². The first-order valence-corrected chi connectivity index (χ1v) is 24.1. The molecule has 0 amide bonds. The van der Waals surface area contributed by atoms with Crippen LogP contribution in [0.3, 0.4) is 0 Å². The van der Waals surface area contributed by atoms with Crippen molar-refractivity contribution in [2.24, 2.45) is 0 Å². The lowest BCUT2D eigenvalue weighted by molar-refractivity contribution is 0.669. The summed E-state index contributed by atoms with van der Waals surface area (Å²) in [7, 11) is 0. The zero-order valence-electron chi connectivity index (χ0n) is 37.2. The molecular formula is C64H39N3OS. The van der Waals surface area contributed by atoms with E-state index in [9.17, 15) is 0 Å². The first-order chi connectivity index (χ1) is 34.2. The summed E-state index contributed by atoms with van der Waals surface area (Å²) in [6.07, 6.45) is 0. The molecule has 1 aliphatic rings. The van der Waals surface area contributed by atoms with E-state index in [2.05, 4.69) is 218 Å². The highest BCUT2D eigenvalue weighted by Crippen LogP contribution is 2.57. The molecule has 0 atom stereocenters. The van der Waals surface area contributed by atoms with Crippen LogP contribution in [0, 0.1) is 0 Å². The molecule has 0 spiro atoms. The second-order valence-electron chi connectivity index (χ2n) is 17.8. The normalized spacial score (nSPS) is 12.8. The molecule has 0 N–H and O–H groups in total. The molecule has 5 heteroatoms. The molecule has 14 rings (SSSR count). The molecular weight excluding hydrogens is 859 g/mol. The average molecular weight is 898 g/mol. The molecule has 0 saturated carbocycles. The third kappa shape index (κ3) is 6.18. The van der Waals surface area contributed by atoms with Crippen molar-refractivity contribution in [2.45, 2.75) is 5.41 Å². The van der Waals surface area contributed by atoms with Gasteiger partial charge in [0, 0.05) is 47.6 Å². The van der Waals surface area contributed by atoms with Crippen molar-refractivity contribution in [3.8, 4) is 67.5 Å². The lowest BCUT2D eigenvalue weighted by atomic mass is 9.67. The fourth-order valence-electron chi connectivity index (χ4n) is 11.0. The zero-order chi connectivity index (χ0) is 45.5. The van der Waals surface area contributed by atoms with Crippen LogP contribution in [0.15, 0.2) is 241 Å². The highest BCUT2D eigenvalue weighted by Gasteiger charge is 2.46. The molecule has 0 radical (unpaired) electrons. The average Bonchev–Trinajstić information content (AvgIpc) is 4.10. The number of fused-ring (bicyclic) bond motifs is 9. The van der Waals surface area contributed by atoms with Crippen molar-refractivity contribution in [1.29, 1.82) is 0 Å². The summed E-state index contributed by atoms with van der Waals surface area (Å²) in [6, 6.07) is 84.6. The van der Waals surface area contributed by atoms with Crippen molar-refractivity contribution >= 4 is 53.4 Å². The van der Waals surface area contributed by atoms with Gasteiger partial charge in [0.2, 0.25) is 0 Å². The summed E-state index contributed by atoms with van der Waals surface area (Å²) in [5.41, 5.74) is 15.9. The van der Waals surface area contributed by atoms with E-state index in [4.69, 9.17) is 19.4 Å². The lowest BCUT2D eigenvalue weighted by Gasteiger charge is -2.34. The predicted molar refractivity (Wildman–Crippen MR) is 284 cm³/mol. The smallest absolute Gasteiger partial charge is 0.164 e. The van der Waals surface area contributed by atoms with Gasteiger partial charge < -0.3 is 4.42 Å². The van der Waals surface area contributed by atoms with Crippen LogP contribution in [0.25, 0.3) is 110 Å². The van der Waals surface area contributed by atoms with E-state index < -0.39 is 5.41 Å². The minimum Gasteiger partial charge on any atom is -0.456 e. The van der Waals surface area contributed by atoms with Crippen molar-refractivity contribution in [1.82, 2.24) is 15.0 Å². The van der Waals surface area contributed by atoms with Gasteiger partial charge in [-0.25, -0.2) is 15.0 Å². The van der Waals surface area contributed by atoms with Crippen molar-refractivity contribution in [3.63, 3.8) is 0 Å². The first-order valence-electron chi connectivity index (χ1n) is 23.3. The maximum absolute atomic E-state index is 6.69. The first kappa shape index (κ1) is 39.4. The van der Waals surface area contributed by atoms with Gasteiger partial charge in [-0.3, -0.25) is 0 Å². The number of benzene rings is 10. The number of hydrogen-bond acceptors (Lipinski definition) is 5. The minimum atomic E-state index is -0.502.